The molecule has 0 N–H and O–H groups in total. The average Bonchev–Trinajstić information content (AvgIpc) is 2.61. The number of ether oxygens (including phenoxy) is 4. The summed E-state index contributed by atoms with van der Waals surface area (Å²) in [5.41, 5.74) is 0. The fourth-order valence-corrected chi connectivity index (χ4v) is 3.20. The summed E-state index contributed by atoms with van der Waals surface area (Å²) in [6.45, 7) is 0. The molecular formula is C16H18O6Zr. The molecule has 0 fully saturated rings. The van der Waals surface area contributed by atoms with E-state index in [1.54, 1.807) is 52.7 Å². The first-order chi connectivity index (χ1) is 11.2. The summed E-state index contributed by atoms with van der Waals surface area (Å²) >= 11 is -1.62. The first-order valence-corrected chi connectivity index (χ1v) is 8.75. The second kappa shape index (κ2) is 8.68. The van der Waals surface area contributed by atoms with Crippen molar-refractivity contribution >= 4 is 0 Å². The van der Waals surface area contributed by atoms with Crippen LogP contribution in [0.4, 0.5) is 0 Å². The zero-order chi connectivity index (χ0) is 16.7. The molecule has 2 aromatic rings. The van der Waals surface area contributed by atoms with Gasteiger partial charge >= 0.3 is 148 Å². The van der Waals surface area contributed by atoms with Crippen LogP contribution in [-0.2, 0) is 24.1 Å². The van der Waals surface area contributed by atoms with Crippen molar-refractivity contribution in [1.29, 1.82) is 0 Å². The Labute approximate surface area is 148 Å². The van der Waals surface area contributed by atoms with Gasteiger partial charge in [0, 0.05) is 0 Å². The topological polar surface area (TPSA) is 55.4 Å². The molecular weight excluding hydrogens is 379 g/mol. The summed E-state index contributed by atoms with van der Waals surface area (Å²) in [5.74, 6) is 3.89. The van der Waals surface area contributed by atoms with Crippen LogP contribution in [-0.4, -0.2) is 28.4 Å². The van der Waals surface area contributed by atoms with Crippen LogP contribution >= 0.6 is 0 Å². The zero-order valence-corrected chi connectivity index (χ0v) is 15.9. The number of benzene rings is 2. The minimum absolute atomic E-state index is 0.607. The van der Waals surface area contributed by atoms with Crippen molar-refractivity contribution in [2.45, 2.75) is 0 Å². The third-order valence-corrected chi connectivity index (χ3v) is 4.54. The van der Waals surface area contributed by atoms with E-state index in [1.165, 1.54) is 0 Å². The van der Waals surface area contributed by atoms with Gasteiger partial charge in [-0.3, -0.25) is 0 Å². The van der Waals surface area contributed by atoms with Crippen molar-refractivity contribution in [2.24, 2.45) is 0 Å². The number of rotatable bonds is 8. The van der Waals surface area contributed by atoms with E-state index in [-0.39, 0.29) is 0 Å². The van der Waals surface area contributed by atoms with Crippen molar-refractivity contribution < 1.29 is 48.7 Å². The molecule has 0 saturated heterocycles. The summed E-state index contributed by atoms with van der Waals surface area (Å²) < 4.78 is 32.4. The van der Waals surface area contributed by atoms with Gasteiger partial charge in [-0.15, -0.1) is 0 Å². The van der Waals surface area contributed by atoms with E-state index in [4.69, 9.17) is 24.6 Å². The van der Waals surface area contributed by atoms with E-state index in [1.807, 2.05) is 12.1 Å². The molecule has 0 aliphatic carbocycles. The van der Waals surface area contributed by atoms with Gasteiger partial charge in [-0.25, -0.2) is 0 Å². The normalized spacial score (nSPS) is 9.74. The Morgan fingerprint density at radius 1 is 0.565 bits per heavy atom. The standard InChI is InChI=1S/2C8H10O3.Zr/c2*1-10-6-3-4-7(9)8(5-6)11-2;/h2*3-5,9H,1-2H3;/q;;+2/p-2. The Morgan fingerprint density at radius 3 is 1.35 bits per heavy atom. The molecule has 0 heterocycles. The van der Waals surface area contributed by atoms with Gasteiger partial charge in [-0.05, 0) is 0 Å². The first kappa shape index (κ1) is 17.5. The maximum absolute atomic E-state index is 5.77. The number of hydrogen-bond donors (Lipinski definition) is 0. The Kier molecular flexibility index (Phi) is 6.59. The first-order valence-electron chi connectivity index (χ1n) is 6.74. The van der Waals surface area contributed by atoms with Crippen LogP contribution in [0, 0.1) is 0 Å². The monoisotopic (exact) mass is 396 g/mol. The Hall–Kier alpha value is -1.88. The fourth-order valence-electron chi connectivity index (χ4n) is 1.83. The SMILES string of the molecule is COc1ccc([O][Zr][O]c2ccc(OC)cc2OC)c(OC)c1. The van der Waals surface area contributed by atoms with Gasteiger partial charge in [-0.1, -0.05) is 0 Å². The predicted molar refractivity (Wildman–Crippen MR) is 80.3 cm³/mol. The molecule has 7 heteroatoms. The van der Waals surface area contributed by atoms with E-state index in [2.05, 4.69) is 0 Å². The molecule has 122 valence electrons. The number of hydrogen-bond acceptors (Lipinski definition) is 6. The van der Waals surface area contributed by atoms with E-state index in [9.17, 15) is 0 Å². The van der Waals surface area contributed by atoms with Crippen molar-refractivity contribution in [3.8, 4) is 34.5 Å². The Morgan fingerprint density at radius 2 is 1.00 bits per heavy atom. The second-order valence-electron chi connectivity index (χ2n) is 4.32. The molecule has 0 aliphatic rings. The summed E-state index contributed by atoms with van der Waals surface area (Å²) in [7, 11) is 6.37. The molecule has 0 unspecified atom stereocenters. The van der Waals surface area contributed by atoms with Crippen LogP contribution in [0.1, 0.15) is 0 Å². The van der Waals surface area contributed by atoms with Crippen molar-refractivity contribution in [3.63, 3.8) is 0 Å². The van der Waals surface area contributed by atoms with Gasteiger partial charge in [0.2, 0.25) is 0 Å². The van der Waals surface area contributed by atoms with Crippen LogP contribution < -0.4 is 24.6 Å². The number of methoxy groups -OCH3 is 4. The summed E-state index contributed by atoms with van der Waals surface area (Å²) in [5, 5.41) is 0. The van der Waals surface area contributed by atoms with Crippen LogP contribution in [0.5, 0.6) is 34.5 Å². The molecule has 23 heavy (non-hydrogen) atoms. The predicted octanol–water partition coefficient (Wildman–Crippen LogP) is 3.09. The summed E-state index contributed by atoms with van der Waals surface area (Å²) in [6, 6.07) is 10.8. The van der Waals surface area contributed by atoms with Gasteiger partial charge in [0.1, 0.15) is 0 Å². The summed E-state index contributed by atoms with van der Waals surface area (Å²) in [6.07, 6.45) is 0. The van der Waals surface area contributed by atoms with Gasteiger partial charge in [-0.2, -0.15) is 0 Å². The third-order valence-electron chi connectivity index (χ3n) is 3.04. The second-order valence-corrected chi connectivity index (χ2v) is 5.73. The van der Waals surface area contributed by atoms with Crippen molar-refractivity contribution in [1.82, 2.24) is 0 Å². The molecule has 6 nitrogen and oxygen atoms in total. The minimum atomic E-state index is -1.62. The molecule has 0 spiro atoms. The van der Waals surface area contributed by atoms with E-state index in [0.29, 0.717) is 34.5 Å². The molecule has 0 aromatic heterocycles. The summed E-state index contributed by atoms with van der Waals surface area (Å²) in [4.78, 5) is 0. The third kappa shape index (κ3) is 4.55. The Balaban J connectivity index is 2.02. The van der Waals surface area contributed by atoms with Crippen molar-refractivity contribution in [3.05, 3.63) is 36.4 Å². The van der Waals surface area contributed by atoms with E-state index >= 15 is 0 Å². The Bertz CT molecular complexity index is 591. The van der Waals surface area contributed by atoms with Crippen molar-refractivity contribution in [2.75, 3.05) is 28.4 Å². The van der Waals surface area contributed by atoms with Crippen LogP contribution in [0.2, 0.25) is 0 Å². The quantitative estimate of drug-likeness (QED) is 0.682. The average molecular weight is 398 g/mol. The molecule has 2 aromatic carbocycles. The van der Waals surface area contributed by atoms with Gasteiger partial charge < -0.3 is 0 Å². The fraction of sp³-hybridized carbons (Fsp3) is 0.250. The van der Waals surface area contributed by atoms with Crippen LogP contribution in [0.3, 0.4) is 0 Å². The molecule has 0 atom stereocenters. The molecule has 2 rings (SSSR count). The molecule has 0 bridgehead atoms. The van der Waals surface area contributed by atoms with E-state index in [0.717, 1.165) is 0 Å². The zero-order valence-electron chi connectivity index (χ0n) is 13.4. The molecule has 0 saturated carbocycles. The van der Waals surface area contributed by atoms with Gasteiger partial charge in [0.25, 0.3) is 0 Å². The van der Waals surface area contributed by atoms with Gasteiger partial charge in [0.05, 0.1) is 0 Å². The maximum atomic E-state index is 5.77. The van der Waals surface area contributed by atoms with E-state index < -0.39 is 24.1 Å². The van der Waals surface area contributed by atoms with Crippen LogP contribution in [0.15, 0.2) is 36.4 Å². The molecule has 0 aliphatic heterocycles. The molecule has 0 radical (unpaired) electrons. The van der Waals surface area contributed by atoms with Crippen LogP contribution in [0.25, 0.3) is 0 Å². The molecule has 0 amide bonds. The van der Waals surface area contributed by atoms with Gasteiger partial charge in [0.15, 0.2) is 0 Å².